The van der Waals surface area contributed by atoms with Crippen LogP contribution in [0, 0.1) is 0 Å². The van der Waals surface area contributed by atoms with E-state index in [1.807, 2.05) is 29.1 Å². The number of hydrogen-bond acceptors (Lipinski definition) is 4. The lowest BCUT2D eigenvalue weighted by Crippen LogP contribution is -2.30. The summed E-state index contributed by atoms with van der Waals surface area (Å²) in [6, 6.07) is 6.49. The van der Waals surface area contributed by atoms with Gasteiger partial charge in [-0.3, -0.25) is 16.0 Å². The van der Waals surface area contributed by atoms with Gasteiger partial charge < -0.3 is 0 Å². The quantitative estimate of drug-likeness (QED) is 0.628. The first-order valence-electron chi connectivity index (χ1n) is 5.76. The summed E-state index contributed by atoms with van der Waals surface area (Å²) in [5.41, 5.74) is 3.98. The van der Waals surface area contributed by atoms with E-state index in [0.717, 1.165) is 18.5 Å². The van der Waals surface area contributed by atoms with Crippen LogP contribution in [0.15, 0.2) is 24.4 Å². The highest BCUT2D eigenvalue weighted by Crippen LogP contribution is 2.23. The Bertz CT molecular complexity index is 474. The second kappa shape index (κ2) is 5.44. The third-order valence-electron chi connectivity index (χ3n) is 2.89. The Hall–Kier alpha value is -1.17. The van der Waals surface area contributed by atoms with Gasteiger partial charge in [-0.1, -0.05) is 6.92 Å². The van der Waals surface area contributed by atoms with Gasteiger partial charge in [0.25, 0.3) is 0 Å². The van der Waals surface area contributed by atoms with Crippen LogP contribution in [0.3, 0.4) is 0 Å². The Kier molecular flexibility index (Phi) is 3.93. The average Bonchev–Trinajstić information content (AvgIpc) is 2.95. The molecule has 0 radical (unpaired) electrons. The smallest absolute Gasteiger partial charge is 0.0677 e. The van der Waals surface area contributed by atoms with Crippen LogP contribution >= 0.6 is 11.3 Å². The summed E-state index contributed by atoms with van der Waals surface area (Å²) in [7, 11) is 1.94. The molecule has 2 rings (SSSR count). The van der Waals surface area contributed by atoms with E-state index in [9.17, 15) is 0 Å². The Morgan fingerprint density at radius 3 is 2.71 bits per heavy atom. The SMILES string of the molecule is CCc1ccc(CC(NN)c2ccnn2C)s1. The maximum absolute atomic E-state index is 5.63. The Morgan fingerprint density at radius 2 is 2.18 bits per heavy atom. The maximum atomic E-state index is 5.63. The van der Waals surface area contributed by atoms with Gasteiger partial charge in [0.1, 0.15) is 0 Å². The maximum Gasteiger partial charge on any atom is 0.0677 e. The number of thiophene rings is 1. The molecule has 0 amide bonds. The van der Waals surface area contributed by atoms with Crippen molar-refractivity contribution >= 4 is 11.3 Å². The van der Waals surface area contributed by atoms with Gasteiger partial charge in [0.2, 0.25) is 0 Å². The predicted molar refractivity (Wildman–Crippen MR) is 70.7 cm³/mol. The predicted octanol–water partition coefficient (Wildman–Crippen LogP) is 1.79. The van der Waals surface area contributed by atoms with Crippen LogP contribution in [-0.4, -0.2) is 9.78 Å². The third kappa shape index (κ3) is 2.74. The van der Waals surface area contributed by atoms with Gasteiger partial charge in [0, 0.05) is 29.4 Å². The molecule has 17 heavy (non-hydrogen) atoms. The molecule has 0 aliphatic carbocycles. The van der Waals surface area contributed by atoms with Crippen LogP contribution in [0.5, 0.6) is 0 Å². The molecule has 2 aromatic rings. The van der Waals surface area contributed by atoms with E-state index in [1.165, 1.54) is 9.75 Å². The zero-order valence-electron chi connectivity index (χ0n) is 10.2. The molecule has 1 unspecified atom stereocenters. The summed E-state index contributed by atoms with van der Waals surface area (Å²) in [4.78, 5) is 2.77. The number of nitrogens with two attached hydrogens (primary N) is 1. The van der Waals surface area contributed by atoms with Crippen molar-refractivity contribution in [1.29, 1.82) is 0 Å². The molecule has 0 spiro atoms. The molecule has 5 heteroatoms. The molecule has 0 bridgehead atoms. The minimum atomic E-state index is 0.117. The van der Waals surface area contributed by atoms with Gasteiger partial charge in [-0.05, 0) is 24.6 Å². The van der Waals surface area contributed by atoms with E-state index in [2.05, 4.69) is 29.6 Å². The van der Waals surface area contributed by atoms with E-state index < -0.39 is 0 Å². The van der Waals surface area contributed by atoms with Crippen LogP contribution in [-0.2, 0) is 19.9 Å². The Labute approximate surface area is 105 Å². The standard InChI is InChI=1S/C12H18N4S/c1-3-9-4-5-10(17-9)8-11(15-13)12-6-7-14-16(12)2/h4-7,11,15H,3,8,13H2,1-2H3. The second-order valence-electron chi connectivity index (χ2n) is 4.02. The van der Waals surface area contributed by atoms with Crippen LogP contribution in [0.4, 0.5) is 0 Å². The summed E-state index contributed by atoms with van der Waals surface area (Å²) in [5.74, 6) is 5.63. The molecule has 2 aromatic heterocycles. The van der Waals surface area contributed by atoms with Crippen molar-refractivity contribution < 1.29 is 0 Å². The topological polar surface area (TPSA) is 55.9 Å². The van der Waals surface area contributed by atoms with E-state index in [0.29, 0.717) is 0 Å². The molecule has 0 aliphatic heterocycles. The molecular weight excluding hydrogens is 232 g/mol. The second-order valence-corrected chi connectivity index (χ2v) is 5.28. The molecule has 4 nitrogen and oxygen atoms in total. The fraction of sp³-hybridized carbons (Fsp3) is 0.417. The van der Waals surface area contributed by atoms with Crippen LogP contribution in [0.2, 0.25) is 0 Å². The first kappa shape index (κ1) is 12.3. The fourth-order valence-corrected chi connectivity index (χ4v) is 2.90. The first-order chi connectivity index (χ1) is 8.24. The largest absolute Gasteiger partial charge is 0.271 e. The normalized spacial score (nSPS) is 12.9. The summed E-state index contributed by atoms with van der Waals surface area (Å²) < 4.78 is 1.86. The van der Waals surface area contributed by atoms with Gasteiger partial charge in [-0.2, -0.15) is 5.10 Å². The summed E-state index contributed by atoms with van der Waals surface area (Å²) >= 11 is 1.85. The fourth-order valence-electron chi connectivity index (χ4n) is 1.90. The van der Waals surface area contributed by atoms with E-state index in [-0.39, 0.29) is 6.04 Å². The molecule has 3 N–H and O–H groups in total. The van der Waals surface area contributed by atoms with E-state index >= 15 is 0 Å². The van der Waals surface area contributed by atoms with Crippen LogP contribution < -0.4 is 11.3 Å². The highest BCUT2D eigenvalue weighted by Gasteiger charge is 2.14. The molecule has 1 atom stereocenters. The molecule has 0 fully saturated rings. The molecular formula is C12H18N4S. The molecule has 0 saturated heterocycles. The highest BCUT2D eigenvalue weighted by atomic mass is 32.1. The van der Waals surface area contributed by atoms with Gasteiger partial charge >= 0.3 is 0 Å². The number of nitrogens with one attached hydrogen (secondary N) is 1. The monoisotopic (exact) mass is 250 g/mol. The van der Waals surface area contributed by atoms with Crippen molar-refractivity contribution in [1.82, 2.24) is 15.2 Å². The number of rotatable bonds is 5. The van der Waals surface area contributed by atoms with Crippen LogP contribution in [0.25, 0.3) is 0 Å². The zero-order valence-corrected chi connectivity index (χ0v) is 11.0. The van der Waals surface area contributed by atoms with Crippen molar-refractivity contribution in [3.63, 3.8) is 0 Å². The van der Waals surface area contributed by atoms with Crippen molar-refractivity contribution in [3.8, 4) is 0 Å². The number of aromatic nitrogens is 2. The summed E-state index contributed by atoms with van der Waals surface area (Å²) in [5, 5.41) is 4.17. The van der Waals surface area contributed by atoms with Crippen molar-refractivity contribution in [2.24, 2.45) is 12.9 Å². The molecule has 0 aromatic carbocycles. The lowest BCUT2D eigenvalue weighted by molar-refractivity contribution is 0.511. The summed E-state index contributed by atoms with van der Waals surface area (Å²) in [6.45, 7) is 2.18. The minimum Gasteiger partial charge on any atom is -0.271 e. The van der Waals surface area contributed by atoms with Crippen molar-refractivity contribution in [2.75, 3.05) is 0 Å². The average molecular weight is 250 g/mol. The van der Waals surface area contributed by atoms with Gasteiger partial charge in [-0.15, -0.1) is 11.3 Å². The molecule has 2 heterocycles. The van der Waals surface area contributed by atoms with Crippen molar-refractivity contribution in [3.05, 3.63) is 39.8 Å². The molecule has 0 aliphatic rings. The minimum absolute atomic E-state index is 0.117. The Balaban J connectivity index is 2.12. The number of aryl methyl sites for hydroxylation is 2. The lowest BCUT2D eigenvalue weighted by atomic mass is 10.1. The zero-order chi connectivity index (χ0) is 12.3. The van der Waals surface area contributed by atoms with E-state index in [4.69, 9.17) is 5.84 Å². The third-order valence-corrected chi connectivity index (χ3v) is 4.14. The number of hydrogen-bond donors (Lipinski definition) is 2. The van der Waals surface area contributed by atoms with Gasteiger partial charge in [0.05, 0.1) is 11.7 Å². The van der Waals surface area contributed by atoms with Gasteiger partial charge in [0.15, 0.2) is 0 Å². The van der Waals surface area contributed by atoms with Gasteiger partial charge in [-0.25, -0.2) is 0 Å². The number of nitrogens with zero attached hydrogens (tertiary/aromatic N) is 2. The highest BCUT2D eigenvalue weighted by molar-refractivity contribution is 7.11. The number of hydrazine groups is 1. The van der Waals surface area contributed by atoms with Crippen molar-refractivity contribution in [2.45, 2.75) is 25.8 Å². The van der Waals surface area contributed by atoms with E-state index in [1.54, 1.807) is 6.20 Å². The Morgan fingerprint density at radius 1 is 1.41 bits per heavy atom. The molecule has 92 valence electrons. The molecule has 0 saturated carbocycles. The lowest BCUT2D eigenvalue weighted by Gasteiger charge is -2.15. The first-order valence-corrected chi connectivity index (χ1v) is 6.57. The van der Waals surface area contributed by atoms with Crippen LogP contribution in [0.1, 0.15) is 28.4 Å². The summed E-state index contributed by atoms with van der Waals surface area (Å²) in [6.07, 6.45) is 3.80.